The number of amides is 3. The van der Waals surface area contributed by atoms with Gasteiger partial charge in [0.25, 0.3) is 17.7 Å². The molecule has 0 unspecified atom stereocenters. The first-order valence-corrected chi connectivity index (χ1v) is 10.6. The molecule has 0 radical (unpaired) electrons. The van der Waals surface area contributed by atoms with Crippen LogP contribution in [0.25, 0.3) is 0 Å². The number of carbonyl (C=O) groups is 3. The van der Waals surface area contributed by atoms with Crippen LogP contribution in [0.3, 0.4) is 0 Å². The van der Waals surface area contributed by atoms with Crippen LogP contribution in [0.1, 0.15) is 44.4 Å². The summed E-state index contributed by atoms with van der Waals surface area (Å²) in [6.07, 6.45) is 0. The Morgan fingerprint density at radius 3 is 1.66 bits per heavy atom. The van der Waals surface area contributed by atoms with Crippen molar-refractivity contribution in [2.45, 2.75) is 11.8 Å². The fraction of sp³-hybridized carbons (Fsp3) is 0.192. The van der Waals surface area contributed by atoms with E-state index in [0.29, 0.717) is 5.75 Å². The van der Waals surface area contributed by atoms with E-state index < -0.39 is 17.7 Å². The highest BCUT2D eigenvalue weighted by atomic mass is 16.5. The molecule has 1 N–H and O–H groups in total. The molecule has 1 fully saturated rings. The highest BCUT2D eigenvalue weighted by molar-refractivity contribution is 6.10. The Balaban J connectivity index is 1.41. The number of hydrogen-bond acceptors (Lipinski definition) is 4. The van der Waals surface area contributed by atoms with Crippen molar-refractivity contribution in [3.05, 3.63) is 101 Å². The van der Waals surface area contributed by atoms with Gasteiger partial charge in [0.1, 0.15) is 5.75 Å². The minimum absolute atomic E-state index is 0.206. The van der Waals surface area contributed by atoms with E-state index >= 15 is 0 Å². The molecule has 2 bridgehead atoms. The van der Waals surface area contributed by atoms with Gasteiger partial charge >= 0.3 is 0 Å². The van der Waals surface area contributed by atoms with Crippen molar-refractivity contribution in [1.29, 1.82) is 0 Å². The topological polar surface area (TPSA) is 75.7 Å². The molecule has 158 valence electrons. The van der Waals surface area contributed by atoms with E-state index in [0.717, 1.165) is 27.3 Å². The van der Waals surface area contributed by atoms with Crippen molar-refractivity contribution < 1.29 is 19.1 Å². The number of benzene rings is 3. The molecular weight excluding hydrogens is 404 g/mol. The summed E-state index contributed by atoms with van der Waals surface area (Å²) in [6, 6.07) is 22.8. The largest absolute Gasteiger partial charge is 0.496 e. The lowest BCUT2D eigenvalue weighted by molar-refractivity contribution is -0.142. The van der Waals surface area contributed by atoms with Crippen molar-refractivity contribution in [2.24, 2.45) is 11.8 Å². The molecule has 3 aromatic rings. The number of carbonyl (C=O) groups excluding carboxylic acids is 3. The van der Waals surface area contributed by atoms with E-state index in [2.05, 4.69) is 5.43 Å². The van der Waals surface area contributed by atoms with Gasteiger partial charge in [0, 0.05) is 11.8 Å². The van der Waals surface area contributed by atoms with Gasteiger partial charge in [-0.3, -0.25) is 19.8 Å². The van der Waals surface area contributed by atoms with E-state index in [1.807, 2.05) is 48.5 Å². The second-order valence-electron chi connectivity index (χ2n) is 8.42. The zero-order valence-electron chi connectivity index (χ0n) is 17.3. The fourth-order valence-corrected chi connectivity index (χ4v) is 5.78. The van der Waals surface area contributed by atoms with E-state index in [4.69, 9.17) is 4.74 Å². The van der Waals surface area contributed by atoms with Crippen molar-refractivity contribution in [2.75, 3.05) is 7.11 Å². The van der Waals surface area contributed by atoms with Crippen LogP contribution in [0.15, 0.2) is 72.8 Å². The SMILES string of the molecule is COc1ccccc1C(=O)NN1C(=O)[C@@H]2C3c4ccccc4C(c4ccccc43)[C@H]2C1=O. The average Bonchev–Trinajstić information content (AvgIpc) is 3.09. The van der Waals surface area contributed by atoms with Gasteiger partial charge in [-0.15, -0.1) is 0 Å². The molecule has 1 heterocycles. The number of imide groups is 1. The van der Waals surface area contributed by atoms with Crippen LogP contribution >= 0.6 is 0 Å². The van der Waals surface area contributed by atoms with Crippen LogP contribution in [0.2, 0.25) is 0 Å². The Morgan fingerprint density at radius 2 is 1.19 bits per heavy atom. The van der Waals surface area contributed by atoms with Gasteiger partial charge in [0.05, 0.1) is 24.5 Å². The molecule has 6 nitrogen and oxygen atoms in total. The first-order valence-electron chi connectivity index (χ1n) is 10.6. The zero-order chi connectivity index (χ0) is 22.0. The maximum absolute atomic E-state index is 13.5. The van der Waals surface area contributed by atoms with Crippen LogP contribution in [0, 0.1) is 11.8 Å². The minimum Gasteiger partial charge on any atom is -0.496 e. The molecule has 3 aliphatic carbocycles. The summed E-state index contributed by atoms with van der Waals surface area (Å²) in [4.78, 5) is 40.0. The number of rotatable bonds is 3. The molecule has 0 spiro atoms. The number of hydrogen-bond donors (Lipinski definition) is 1. The maximum Gasteiger partial charge on any atom is 0.274 e. The lowest BCUT2D eigenvalue weighted by Gasteiger charge is -2.45. The van der Waals surface area contributed by atoms with E-state index in [9.17, 15) is 14.4 Å². The number of para-hydroxylation sites is 1. The van der Waals surface area contributed by atoms with Gasteiger partial charge in [-0.25, -0.2) is 0 Å². The van der Waals surface area contributed by atoms with Crippen molar-refractivity contribution in [3.8, 4) is 5.75 Å². The number of methoxy groups -OCH3 is 1. The molecular formula is C26H20N2O4. The molecule has 7 rings (SSSR count). The smallest absolute Gasteiger partial charge is 0.274 e. The summed E-state index contributed by atoms with van der Waals surface area (Å²) in [5, 5.41) is 0.932. The second-order valence-corrected chi connectivity index (χ2v) is 8.42. The summed E-state index contributed by atoms with van der Waals surface area (Å²) in [6.45, 7) is 0. The Kier molecular flexibility index (Phi) is 3.99. The molecule has 1 saturated heterocycles. The molecule has 3 aromatic carbocycles. The van der Waals surface area contributed by atoms with Crippen molar-refractivity contribution >= 4 is 17.7 Å². The Bertz CT molecular complexity index is 1180. The summed E-state index contributed by atoms with van der Waals surface area (Å²) in [7, 11) is 1.47. The Hall–Kier alpha value is -3.93. The highest BCUT2D eigenvalue weighted by Gasteiger charge is 2.62. The maximum atomic E-state index is 13.5. The highest BCUT2D eigenvalue weighted by Crippen LogP contribution is 2.60. The van der Waals surface area contributed by atoms with Crippen molar-refractivity contribution in [3.63, 3.8) is 0 Å². The van der Waals surface area contributed by atoms with Crippen LogP contribution in [0.5, 0.6) is 5.75 Å². The molecule has 4 aliphatic rings. The quantitative estimate of drug-likeness (QED) is 0.655. The minimum atomic E-state index is -0.551. The number of ether oxygens (including phenoxy) is 1. The standard InChI is InChI=1S/C26H20N2O4/c1-32-19-13-7-6-12-18(19)24(29)27-28-25(30)22-20-14-8-2-3-9-15(14)21(23(22)26(28)31)17-11-5-4-10-16(17)20/h2-13,20-23H,1H3,(H,27,29)/t20?,21?,22-,23-/m1/s1. The lowest BCUT2D eigenvalue weighted by Crippen LogP contribution is -2.46. The predicted octanol–water partition coefficient (Wildman–Crippen LogP) is 3.23. The molecule has 0 aromatic heterocycles. The van der Waals surface area contributed by atoms with E-state index in [1.165, 1.54) is 7.11 Å². The summed E-state index contributed by atoms with van der Waals surface area (Å²) >= 11 is 0. The third-order valence-electron chi connectivity index (χ3n) is 7.01. The first kappa shape index (κ1) is 18.8. The summed E-state index contributed by atoms with van der Waals surface area (Å²) < 4.78 is 5.26. The molecule has 0 saturated carbocycles. The van der Waals surface area contributed by atoms with Crippen LogP contribution in [-0.2, 0) is 9.59 Å². The number of nitrogens with one attached hydrogen (secondary N) is 1. The van der Waals surface area contributed by atoms with Gasteiger partial charge in [-0.1, -0.05) is 60.7 Å². The van der Waals surface area contributed by atoms with Gasteiger partial charge in [-0.2, -0.15) is 5.01 Å². The van der Waals surface area contributed by atoms with E-state index in [-0.39, 0.29) is 29.2 Å². The van der Waals surface area contributed by atoms with E-state index in [1.54, 1.807) is 24.3 Å². The average molecular weight is 424 g/mol. The number of hydrazine groups is 1. The van der Waals surface area contributed by atoms with Crippen LogP contribution < -0.4 is 10.2 Å². The lowest BCUT2D eigenvalue weighted by atomic mass is 9.55. The number of nitrogens with zero attached hydrogens (tertiary/aromatic N) is 1. The fourth-order valence-electron chi connectivity index (χ4n) is 5.78. The molecule has 32 heavy (non-hydrogen) atoms. The Labute approximate surface area is 184 Å². The van der Waals surface area contributed by atoms with Crippen molar-refractivity contribution in [1.82, 2.24) is 10.4 Å². The monoisotopic (exact) mass is 424 g/mol. The third-order valence-corrected chi connectivity index (χ3v) is 7.01. The molecule has 3 amide bonds. The van der Waals surface area contributed by atoms with Gasteiger partial charge in [0.15, 0.2) is 0 Å². The molecule has 2 atom stereocenters. The molecule has 6 heteroatoms. The zero-order valence-corrected chi connectivity index (χ0v) is 17.3. The molecule has 1 aliphatic heterocycles. The van der Waals surface area contributed by atoms with Gasteiger partial charge in [-0.05, 0) is 34.4 Å². The normalized spacial score (nSPS) is 24.6. The van der Waals surface area contributed by atoms with Crippen LogP contribution in [0.4, 0.5) is 0 Å². The van der Waals surface area contributed by atoms with Crippen LogP contribution in [-0.4, -0.2) is 29.8 Å². The van der Waals surface area contributed by atoms with Gasteiger partial charge in [0.2, 0.25) is 0 Å². The summed E-state index contributed by atoms with van der Waals surface area (Å²) in [5.41, 5.74) is 7.20. The third kappa shape index (κ3) is 2.37. The summed E-state index contributed by atoms with van der Waals surface area (Å²) in [5.74, 6) is -2.37. The van der Waals surface area contributed by atoms with Gasteiger partial charge < -0.3 is 4.74 Å². The first-order chi connectivity index (χ1) is 15.6. The second kappa shape index (κ2) is 6.79. The Morgan fingerprint density at radius 1 is 0.750 bits per heavy atom. The predicted molar refractivity (Wildman–Crippen MR) is 116 cm³/mol.